The van der Waals surface area contributed by atoms with Crippen LogP contribution < -0.4 is 10.1 Å². The molecule has 1 N–H and O–H groups in total. The predicted molar refractivity (Wildman–Crippen MR) is 104 cm³/mol. The van der Waals surface area contributed by atoms with Crippen molar-refractivity contribution in [1.29, 1.82) is 0 Å². The molecule has 1 aliphatic rings. The summed E-state index contributed by atoms with van der Waals surface area (Å²) in [4.78, 5) is 26.7. The van der Waals surface area contributed by atoms with Crippen molar-refractivity contribution >= 4 is 11.8 Å². The van der Waals surface area contributed by atoms with E-state index in [9.17, 15) is 9.59 Å². The molecule has 2 aromatic rings. The van der Waals surface area contributed by atoms with Crippen molar-refractivity contribution in [3.8, 4) is 5.75 Å². The Bertz CT molecular complexity index is 809. The van der Waals surface area contributed by atoms with Crippen molar-refractivity contribution in [2.45, 2.75) is 52.1 Å². The molecule has 1 saturated heterocycles. The van der Waals surface area contributed by atoms with Crippen LogP contribution in [-0.4, -0.2) is 41.6 Å². The Labute approximate surface area is 165 Å². The normalized spacial score (nSPS) is 17.3. The highest BCUT2D eigenvalue weighted by Crippen LogP contribution is 2.19. The van der Waals surface area contributed by atoms with E-state index in [-0.39, 0.29) is 17.9 Å². The van der Waals surface area contributed by atoms with Crippen molar-refractivity contribution in [2.24, 2.45) is 0 Å². The number of hydrogen-bond donors (Lipinski definition) is 1. The van der Waals surface area contributed by atoms with Crippen LogP contribution in [0, 0.1) is 13.8 Å². The minimum atomic E-state index is -0.0261. The van der Waals surface area contributed by atoms with Crippen LogP contribution in [0.5, 0.6) is 5.75 Å². The van der Waals surface area contributed by atoms with Gasteiger partial charge in [-0.1, -0.05) is 17.3 Å². The number of carbonyl (C=O) groups is 2. The molecule has 1 aromatic heterocycles. The van der Waals surface area contributed by atoms with Gasteiger partial charge in [0.25, 0.3) is 0 Å². The molecule has 0 radical (unpaired) electrons. The number of carbonyl (C=O) groups excluding carboxylic acids is 2. The van der Waals surface area contributed by atoms with Crippen molar-refractivity contribution in [2.75, 3.05) is 13.7 Å². The van der Waals surface area contributed by atoms with Crippen LogP contribution in [0.1, 0.15) is 41.8 Å². The maximum atomic E-state index is 12.5. The van der Waals surface area contributed by atoms with Gasteiger partial charge >= 0.3 is 0 Å². The SMILES string of the molecule is COc1ccc(CC(=O)NC2CCC(=O)N(Cc3c(C)noc3C)CC2)cc1. The average molecular weight is 385 g/mol. The molecule has 28 heavy (non-hydrogen) atoms. The largest absolute Gasteiger partial charge is 0.497 e. The highest BCUT2D eigenvalue weighted by molar-refractivity contribution is 5.79. The monoisotopic (exact) mass is 385 g/mol. The highest BCUT2D eigenvalue weighted by Gasteiger charge is 2.25. The zero-order valence-corrected chi connectivity index (χ0v) is 16.7. The van der Waals surface area contributed by atoms with E-state index in [1.54, 1.807) is 7.11 Å². The van der Waals surface area contributed by atoms with Crippen LogP contribution in [0.3, 0.4) is 0 Å². The summed E-state index contributed by atoms with van der Waals surface area (Å²) >= 11 is 0. The predicted octanol–water partition coefficient (Wildman–Crippen LogP) is 2.54. The standard InChI is InChI=1S/C21H27N3O4/c1-14-19(15(2)28-23-14)13-24-11-10-17(6-9-21(24)26)22-20(25)12-16-4-7-18(27-3)8-5-16/h4-5,7-8,17H,6,9-13H2,1-3H3,(H,22,25). The van der Waals surface area contributed by atoms with Crippen molar-refractivity contribution in [1.82, 2.24) is 15.4 Å². The number of hydrogen-bond acceptors (Lipinski definition) is 5. The van der Waals surface area contributed by atoms with Gasteiger partial charge in [0.2, 0.25) is 11.8 Å². The van der Waals surface area contributed by atoms with Gasteiger partial charge in [-0.25, -0.2) is 0 Å². The highest BCUT2D eigenvalue weighted by atomic mass is 16.5. The molecule has 1 aromatic carbocycles. The van der Waals surface area contributed by atoms with Gasteiger partial charge in [-0.3, -0.25) is 9.59 Å². The molecule has 2 amide bonds. The van der Waals surface area contributed by atoms with Gasteiger partial charge in [0, 0.05) is 24.6 Å². The summed E-state index contributed by atoms with van der Waals surface area (Å²) in [6, 6.07) is 7.48. The number of nitrogens with one attached hydrogen (secondary N) is 1. The van der Waals surface area contributed by atoms with E-state index in [1.807, 2.05) is 43.0 Å². The van der Waals surface area contributed by atoms with E-state index < -0.39 is 0 Å². The summed E-state index contributed by atoms with van der Waals surface area (Å²) in [5.41, 5.74) is 2.72. The summed E-state index contributed by atoms with van der Waals surface area (Å²) in [6.07, 6.45) is 2.14. The Morgan fingerprint density at radius 3 is 2.68 bits per heavy atom. The van der Waals surface area contributed by atoms with E-state index in [1.165, 1.54) is 0 Å². The van der Waals surface area contributed by atoms with Gasteiger partial charge < -0.3 is 19.5 Å². The maximum Gasteiger partial charge on any atom is 0.224 e. The Morgan fingerprint density at radius 1 is 1.29 bits per heavy atom. The quantitative estimate of drug-likeness (QED) is 0.826. The summed E-state index contributed by atoms with van der Waals surface area (Å²) in [5.74, 6) is 1.59. The summed E-state index contributed by atoms with van der Waals surface area (Å²) < 4.78 is 10.3. The average Bonchev–Trinajstić information content (AvgIpc) is 2.89. The first-order chi connectivity index (χ1) is 13.5. The van der Waals surface area contributed by atoms with E-state index in [0.717, 1.165) is 34.8 Å². The summed E-state index contributed by atoms with van der Waals surface area (Å²) in [7, 11) is 1.62. The van der Waals surface area contributed by atoms with Gasteiger partial charge in [-0.2, -0.15) is 0 Å². The Hall–Kier alpha value is -2.83. The van der Waals surface area contributed by atoms with Crippen molar-refractivity contribution in [3.63, 3.8) is 0 Å². The first-order valence-electron chi connectivity index (χ1n) is 9.58. The molecule has 0 aliphatic carbocycles. The lowest BCUT2D eigenvalue weighted by Crippen LogP contribution is -2.36. The molecule has 0 saturated carbocycles. The molecule has 1 aliphatic heterocycles. The van der Waals surface area contributed by atoms with Crippen LogP contribution in [0.25, 0.3) is 0 Å². The molecule has 3 rings (SSSR count). The number of amides is 2. The summed E-state index contributed by atoms with van der Waals surface area (Å²) in [6.45, 7) is 4.86. The fourth-order valence-corrected chi connectivity index (χ4v) is 3.47. The van der Waals surface area contributed by atoms with Gasteiger partial charge in [-0.15, -0.1) is 0 Å². The van der Waals surface area contributed by atoms with Crippen LogP contribution in [0.4, 0.5) is 0 Å². The number of likely N-dealkylation sites (tertiary alicyclic amines) is 1. The van der Waals surface area contributed by atoms with E-state index in [2.05, 4.69) is 10.5 Å². The van der Waals surface area contributed by atoms with Crippen LogP contribution in [0.2, 0.25) is 0 Å². The third-order valence-corrected chi connectivity index (χ3v) is 5.23. The van der Waals surface area contributed by atoms with E-state index in [0.29, 0.717) is 32.4 Å². The smallest absolute Gasteiger partial charge is 0.224 e. The minimum absolute atomic E-state index is 0.00404. The molecule has 2 heterocycles. The maximum absolute atomic E-state index is 12.5. The molecular weight excluding hydrogens is 358 g/mol. The zero-order valence-electron chi connectivity index (χ0n) is 16.7. The fraction of sp³-hybridized carbons (Fsp3) is 0.476. The van der Waals surface area contributed by atoms with E-state index in [4.69, 9.17) is 9.26 Å². The van der Waals surface area contributed by atoms with Gasteiger partial charge in [-0.05, 0) is 44.4 Å². The number of benzene rings is 1. The number of aryl methyl sites for hydroxylation is 2. The molecular formula is C21H27N3O4. The van der Waals surface area contributed by atoms with Crippen molar-refractivity contribution < 1.29 is 18.8 Å². The lowest BCUT2D eigenvalue weighted by Gasteiger charge is -2.21. The number of aromatic nitrogens is 1. The molecule has 0 spiro atoms. The third kappa shape index (κ3) is 4.91. The van der Waals surface area contributed by atoms with Crippen LogP contribution in [0.15, 0.2) is 28.8 Å². The number of ether oxygens (including phenoxy) is 1. The lowest BCUT2D eigenvalue weighted by atomic mass is 10.1. The second kappa shape index (κ2) is 8.91. The van der Waals surface area contributed by atoms with Gasteiger partial charge in [0.05, 0.1) is 25.8 Å². The fourth-order valence-electron chi connectivity index (χ4n) is 3.47. The zero-order chi connectivity index (χ0) is 20.1. The van der Waals surface area contributed by atoms with Crippen LogP contribution >= 0.6 is 0 Å². The lowest BCUT2D eigenvalue weighted by molar-refractivity contribution is -0.131. The van der Waals surface area contributed by atoms with Gasteiger partial charge in [0.15, 0.2) is 0 Å². The molecule has 7 heteroatoms. The first kappa shape index (κ1) is 19.9. The molecule has 7 nitrogen and oxygen atoms in total. The number of nitrogens with zero attached hydrogens (tertiary/aromatic N) is 2. The topological polar surface area (TPSA) is 84.7 Å². The molecule has 1 fully saturated rings. The second-order valence-corrected chi connectivity index (χ2v) is 7.23. The van der Waals surface area contributed by atoms with Crippen LogP contribution in [-0.2, 0) is 22.6 Å². The number of rotatable bonds is 6. The summed E-state index contributed by atoms with van der Waals surface area (Å²) in [5, 5.41) is 7.04. The molecule has 150 valence electrons. The Balaban J connectivity index is 1.53. The molecule has 1 unspecified atom stereocenters. The van der Waals surface area contributed by atoms with Crippen molar-refractivity contribution in [3.05, 3.63) is 46.8 Å². The molecule has 1 atom stereocenters. The third-order valence-electron chi connectivity index (χ3n) is 5.23. The van der Waals surface area contributed by atoms with E-state index >= 15 is 0 Å². The molecule has 0 bridgehead atoms. The first-order valence-corrected chi connectivity index (χ1v) is 9.58. The Morgan fingerprint density at radius 2 is 2.04 bits per heavy atom. The minimum Gasteiger partial charge on any atom is -0.497 e. The second-order valence-electron chi connectivity index (χ2n) is 7.23. The number of methoxy groups -OCH3 is 1. The Kier molecular flexibility index (Phi) is 6.34. The van der Waals surface area contributed by atoms with Gasteiger partial charge in [0.1, 0.15) is 11.5 Å².